The van der Waals surface area contributed by atoms with Gasteiger partial charge in [0.25, 0.3) is 0 Å². The number of aliphatic hydroxyl groups excluding tert-OH is 2. The van der Waals surface area contributed by atoms with E-state index >= 15 is 0 Å². The van der Waals surface area contributed by atoms with Gasteiger partial charge >= 0.3 is 0 Å². The molecule has 0 amide bonds. The number of nitrogens with zero attached hydrogens (tertiary/aromatic N) is 3. The smallest absolute Gasteiger partial charge is 0.228 e. The van der Waals surface area contributed by atoms with E-state index in [4.69, 9.17) is 5.11 Å². The van der Waals surface area contributed by atoms with Gasteiger partial charge in [0, 0.05) is 19.6 Å². The Hall–Kier alpha value is -1.74. The molecular formula is C19H29N3O4S. The maximum atomic E-state index is 12.7. The lowest BCUT2D eigenvalue weighted by atomic mass is 10.1. The minimum Gasteiger partial charge on any atom is -0.394 e. The number of aliphatic hydroxyl groups is 2. The van der Waals surface area contributed by atoms with Gasteiger partial charge in [-0.1, -0.05) is 30.3 Å². The maximum absolute atomic E-state index is 12.7. The van der Waals surface area contributed by atoms with Crippen molar-refractivity contribution in [2.75, 3.05) is 20.2 Å². The van der Waals surface area contributed by atoms with Crippen LogP contribution in [0.15, 0.2) is 41.7 Å². The van der Waals surface area contributed by atoms with Gasteiger partial charge in [-0.3, -0.25) is 4.90 Å². The fourth-order valence-electron chi connectivity index (χ4n) is 2.84. The zero-order valence-electron chi connectivity index (χ0n) is 16.1. The van der Waals surface area contributed by atoms with Crippen LogP contribution in [0.2, 0.25) is 0 Å². The summed E-state index contributed by atoms with van der Waals surface area (Å²) in [5.74, 6) is 0. The first-order valence-electron chi connectivity index (χ1n) is 9.05. The minimum atomic E-state index is -3.51. The van der Waals surface area contributed by atoms with Gasteiger partial charge in [-0.25, -0.2) is 13.4 Å². The average Bonchev–Trinajstić information content (AvgIpc) is 3.03. The van der Waals surface area contributed by atoms with Crippen molar-refractivity contribution in [1.29, 1.82) is 0 Å². The highest BCUT2D eigenvalue weighted by atomic mass is 32.2. The number of aryl methyl sites for hydroxylation is 1. The maximum Gasteiger partial charge on any atom is 0.228 e. The van der Waals surface area contributed by atoms with Crippen molar-refractivity contribution >= 4 is 9.84 Å². The number of sulfone groups is 1. The fraction of sp³-hybridized carbons (Fsp3) is 0.526. The molecule has 0 spiro atoms. The van der Waals surface area contributed by atoms with Gasteiger partial charge in [0.15, 0.2) is 0 Å². The zero-order chi connectivity index (χ0) is 20.0. The molecule has 2 N–H and O–H groups in total. The second kappa shape index (κ2) is 9.45. The molecule has 0 aliphatic rings. The number of hydrogen-bond donors (Lipinski definition) is 2. The van der Waals surface area contributed by atoms with E-state index < -0.39 is 21.2 Å². The van der Waals surface area contributed by atoms with Gasteiger partial charge in [0.2, 0.25) is 15.0 Å². The molecule has 0 radical (unpaired) electrons. The predicted molar refractivity (Wildman–Crippen MR) is 104 cm³/mol. The van der Waals surface area contributed by atoms with E-state index in [0.29, 0.717) is 19.5 Å². The number of aromatic nitrogens is 2. The summed E-state index contributed by atoms with van der Waals surface area (Å²) >= 11 is 0. The van der Waals surface area contributed by atoms with E-state index in [9.17, 15) is 13.5 Å². The molecule has 1 unspecified atom stereocenters. The topological polar surface area (TPSA) is 95.7 Å². The van der Waals surface area contributed by atoms with E-state index in [1.807, 2.05) is 42.3 Å². The summed E-state index contributed by atoms with van der Waals surface area (Å²) in [4.78, 5) is 6.05. The molecule has 2 aromatic rings. The van der Waals surface area contributed by atoms with Crippen molar-refractivity contribution in [2.24, 2.45) is 0 Å². The van der Waals surface area contributed by atoms with Crippen LogP contribution in [-0.2, 0) is 29.3 Å². The lowest BCUT2D eigenvalue weighted by Gasteiger charge is -2.21. The Labute approximate surface area is 161 Å². The molecule has 1 atom stereocenters. The van der Waals surface area contributed by atoms with Gasteiger partial charge in [0.1, 0.15) is 0 Å². The Bertz CT molecular complexity index is 819. The highest BCUT2D eigenvalue weighted by Crippen LogP contribution is 2.19. The third-order valence-electron chi connectivity index (χ3n) is 4.41. The van der Waals surface area contributed by atoms with Crippen LogP contribution in [0.5, 0.6) is 0 Å². The average molecular weight is 396 g/mol. The summed E-state index contributed by atoms with van der Waals surface area (Å²) in [5, 5.41) is 18.2. The second-order valence-electron chi connectivity index (χ2n) is 7.05. The lowest BCUT2D eigenvalue weighted by molar-refractivity contribution is 0.0641. The van der Waals surface area contributed by atoms with E-state index in [-0.39, 0.29) is 18.3 Å². The molecular weight excluding hydrogens is 366 g/mol. The highest BCUT2D eigenvalue weighted by molar-refractivity contribution is 7.91. The van der Waals surface area contributed by atoms with Crippen molar-refractivity contribution in [3.8, 4) is 0 Å². The van der Waals surface area contributed by atoms with Gasteiger partial charge in [0.05, 0.1) is 29.9 Å². The first-order chi connectivity index (χ1) is 12.8. The van der Waals surface area contributed by atoms with Crippen molar-refractivity contribution in [2.45, 2.75) is 49.9 Å². The largest absolute Gasteiger partial charge is 0.394 e. The molecule has 0 aliphatic carbocycles. The normalized spacial score (nSPS) is 13.4. The molecule has 27 heavy (non-hydrogen) atoms. The Morgan fingerprint density at radius 3 is 2.48 bits per heavy atom. The van der Waals surface area contributed by atoms with Crippen LogP contribution in [0, 0.1) is 0 Å². The molecule has 0 fully saturated rings. The number of hydrogen-bond acceptors (Lipinski definition) is 6. The summed E-state index contributed by atoms with van der Waals surface area (Å²) in [6, 6.07) is 9.89. The second-order valence-corrected chi connectivity index (χ2v) is 9.44. The molecule has 1 aromatic heterocycles. The number of imidazole rings is 1. The van der Waals surface area contributed by atoms with Gasteiger partial charge in [-0.15, -0.1) is 0 Å². The minimum absolute atomic E-state index is 0.0829. The summed E-state index contributed by atoms with van der Waals surface area (Å²) < 4.78 is 27.2. The first-order valence-corrected chi connectivity index (χ1v) is 10.6. The number of rotatable bonds is 10. The molecule has 150 valence electrons. The number of likely N-dealkylation sites (N-methyl/N-ethyl adjacent to an activating group) is 1. The van der Waals surface area contributed by atoms with E-state index in [1.165, 1.54) is 0 Å². The SMILES string of the molecule is CC(C)S(=O)(=O)c1ncc(CN(C)CC(O)CO)n1CCc1ccccc1. The highest BCUT2D eigenvalue weighted by Gasteiger charge is 2.27. The van der Waals surface area contributed by atoms with Crippen LogP contribution in [0.1, 0.15) is 25.1 Å². The van der Waals surface area contributed by atoms with Crippen LogP contribution in [0.25, 0.3) is 0 Å². The molecule has 7 nitrogen and oxygen atoms in total. The zero-order valence-corrected chi connectivity index (χ0v) is 16.9. The van der Waals surface area contributed by atoms with Crippen molar-refractivity contribution in [3.05, 3.63) is 47.8 Å². The van der Waals surface area contributed by atoms with Crippen LogP contribution >= 0.6 is 0 Å². The van der Waals surface area contributed by atoms with Crippen molar-refractivity contribution < 1.29 is 18.6 Å². The van der Waals surface area contributed by atoms with Crippen LogP contribution < -0.4 is 0 Å². The van der Waals surface area contributed by atoms with E-state index in [0.717, 1.165) is 11.3 Å². The quantitative estimate of drug-likeness (QED) is 0.625. The molecule has 0 bridgehead atoms. The van der Waals surface area contributed by atoms with E-state index in [2.05, 4.69) is 4.98 Å². The Kier molecular flexibility index (Phi) is 7.55. The van der Waals surface area contributed by atoms with Gasteiger partial charge < -0.3 is 14.8 Å². The van der Waals surface area contributed by atoms with Crippen LogP contribution in [0.3, 0.4) is 0 Å². The van der Waals surface area contributed by atoms with Crippen LogP contribution in [-0.4, -0.2) is 64.6 Å². The summed E-state index contributed by atoms with van der Waals surface area (Å²) in [7, 11) is -1.70. The van der Waals surface area contributed by atoms with Gasteiger partial charge in [-0.05, 0) is 32.9 Å². The molecule has 0 saturated heterocycles. The first kappa shape index (κ1) is 21.6. The van der Waals surface area contributed by atoms with Crippen molar-refractivity contribution in [3.63, 3.8) is 0 Å². The van der Waals surface area contributed by atoms with Crippen molar-refractivity contribution in [1.82, 2.24) is 14.5 Å². The molecule has 1 aromatic carbocycles. The monoisotopic (exact) mass is 395 g/mol. The molecule has 0 aliphatic heterocycles. The summed E-state index contributed by atoms with van der Waals surface area (Å²) in [6.07, 6.45) is 1.44. The van der Waals surface area contributed by atoms with Crippen LogP contribution in [0.4, 0.5) is 0 Å². The summed E-state index contributed by atoms with van der Waals surface area (Å²) in [6.45, 7) is 4.19. The molecule has 2 rings (SSSR count). The third kappa shape index (κ3) is 5.62. The lowest BCUT2D eigenvalue weighted by Crippen LogP contribution is -2.32. The Balaban J connectivity index is 2.29. The van der Waals surface area contributed by atoms with E-state index in [1.54, 1.807) is 24.6 Å². The number of benzene rings is 1. The summed E-state index contributed by atoms with van der Waals surface area (Å²) in [5.41, 5.74) is 1.88. The standard InChI is InChI=1S/C19H29N3O4S/c1-15(2)27(25,26)19-20-11-17(12-21(3)13-18(24)14-23)22(19)10-9-16-7-5-4-6-8-16/h4-8,11,15,18,23-24H,9-10,12-14H2,1-3H3. The Morgan fingerprint density at radius 1 is 1.22 bits per heavy atom. The molecule has 0 saturated carbocycles. The molecule has 8 heteroatoms. The fourth-order valence-corrected chi connectivity index (χ4v) is 3.98. The molecule has 1 heterocycles. The third-order valence-corrected chi connectivity index (χ3v) is 6.48. The van der Waals surface area contributed by atoms with Gasteiger partial charge in [-0.2, -0.15) is 0 Å². The predicted octanol–water partition coefficient (Wildman–Crippen LogP) is 1.09. The Morgan fingerprint density at radius 2 is 1.89 bits per heavy atom.